The summed E-state index contributed by atoms with van der Waals surface area (Å²) >= 11 is 0. The van der Waals surface area contributed by atoms with Gasteiger partial charge in [0, 0.05) is 31.6 Å². The maximum absolute atomic E-state index is 12.5. The van der Waals surface area contributed by atoms with E-state index in [0.717, 1.165) is 18.5 Å². The Hall–Kier alpha value is -2.04. The number of hydrogen-bond acceptors (Lipinski definition) is 3. The Balaban J connectivity index is 1.83. The number of amides is 1. The molecule has 1 saturated heterocycles. The molecule has 0 unspecified atom stereocenters. The van der Waals surface area contributed by atoms with Crippen LogP contribution in [0.4, 0.5) is 0 Å². The smallest absolute Gasteiger partial charge is 0.300 e. The maximum atomic E-state index is 12.5. The first-order valence-corrected chi connectivity index (χ1v) is 8.09. The number of amidine groups is 1. The normalized spacial score (nSPS) is 23.5. The summed E-state index contributed by atoms with van der Waals surface area (Å²) in [6.07, 6.45) is 9.64. The topological polar surface area (TPSA) is 46.8 Å². The maximum Gasteiger partial charge on any atom is 0.300 e. The van der Waals surface area contributed by atoms with Crippen LogP contribution in [0.25, 0.3) is 6.08 Å². The molecule has 1 aromatic rings. The van der Waals surface area contributed by atoms with Crippen molar-refractivity contribution in [2.75, 3.05) is 6.54 Å². The third-order valence-corrected chi connectivity index (χ3v) is 4.33. The average Bonchev–Trinajstić information content (AvgIpc) is 3.05. The van der Waals surface area contributed by atoms with Gasteiger partial charge in [-0.2, -0.15) is 0 Å². The number of hydrogen-bond donors (Lipinski definition) is 0. The second kappa shape index (κ2) is 6.38. The van der Waals surface area contributed by atoms with Crippen molar-refractivity contribution in [1.29, 1.82) is 0 Å². The first-order valence-electron chi connectivity index (χ1n) is 8.09. The highest BCUT2D eigenvalue weighted by Gasteiger charge is 2.34. The molecule has 2 aliphatic rings. The second-order valence-corrected chi connectivity index (χ2v) is 5.91. The minimum absolute atomic E-state index is 0.0988. The summed E-state index contributed by atoms with van der Waals surface area (Å²) in [6.45, 7) is 2.53. The molecular weight excluding hydrogens is 278 g/mol. The van der Waals surface area contributed by atoms with E-state index in [4.69, 9.17) is 9.73 Å². The van der Waals surface area contributed by atoms with Crippen LogP contribution in [0.5, 0.6) is 0 Å². The van der Waals surface area contributed by atoms with Crippen LogP contribution in [0.2, 0.25) is 0 Å². The largest absolute Gasteiger partial charge is 0.420 e. The van der Waals surface area contributed by atoms with Gasteiger partial charge in [-0.25, -0.2) is 4.99 Å². The van der Waals surface area contributed by atoms with Crippen molar-refractivity contribution in [3.8, 4) is 0 Å². The number of aliphatic imine (C=N–C) groups is 1. The Labute approximate surface area is 131 Å². The Bertz CT molecular complexity index is 609. The number of ether oxygens (including phenoxy) is 1. The van der Waals surface area contributed by atoms with Crippen LogP contribution in [0.3, 0.4) is 0 Å². The van der Waals surface area contributed by atoms with Gasteiger partial charge in [-0.1, -0.05) is 19.3 Å². The molecule has 1 aliphatic heterocycles. The van der Waals surface area contributed by atoms with Crippen molar-refractivity contribution in [3.05, 3.63) is 29.8 Å². The molecule has 1 saturated carbocycles. The van der Waals surface area contributed by atoms with E-state index in [9.17, 15) is 4.79 Å². The number of rotatable bonds is 3. The van der Waals surface area contributed by atoms with Gasteiger partial charge in [0.05, 0.1) is 6.04 Å². The van der Waals surface area contributed by atoms with Gasteiger partial charge in [0.25, 0.3) is 5.91 Å². The van der Waals surface area contributed by atoms with Crippen molar-refractivity contribution < 1.29 is 9.53 Å². The van der Waals surface area contributed by atoms with E-state index >= 15 is 0 Å². The van der Waals surface area contributed by atoms with Crippen LogP contribution in [0, 0.1) is 0 Å². The third-order valence-electron chi connectivity index (χ3n) is 4.33. The molecule has 0 radical (unpaired) electrons. The molecular formula is C17H23N3O2. The summed E-state index contributed by atoms with van der Waals surface area (Å²) in [5, 5.41) is 0. The van der Waals surface area contributed by atoms with E-state index in [1.54, 1.807) is 11.0 Å². The van der Waals surface area contributed by atoms with Crippen LogP contribution >= 0.6 is 0 Å². The van der Waals surface area contributed by atoms with Crippen molar-refractivity contribution in [2.24, 2.45) is 12.0 Å². The first-order chi connectivity index (χ1) is 10.7. The molecule has 5 nitrogen and oxygen atoms in total. The molecule has 1 amide bonds. The number of carbonyl (C=O) groups is 1. The summed E-state index contributed by atoms with van der Waals surface area (Å²) in [5.41, 5.74) is 0.943. The Morgan fingerprint density at radius 1 is 1.36 bits per heavy atom. The summed E-state index contributed by atoms with van der Waals surface area (Å²) in [5.74, 6) is 0.261. The molecule has 0 N–H and O–H groups in total. The van der Waals surface area contributed by atoms with E-state index in [1.165, 1.54) is 19.3 Å². The number of carbonyl (C=O) groups excluding carboxylic acids is 1. The Morgan fingerprint density at radius 3 is 2.77 bits per heavy atom. The Morgan fingerprint density at radius 2 is 2.14 bits per heavy atom. The zero-order valence-electron chi connectivity index (χ0n) is 13.3. The van der Waals surface area contributed by atoms with Crippen LogP contribution in [-0.4, -0.2) is 34.0 Å². The molecule has 1 aromatic heterocycles. The van der Waals surface area contributed by atoms with Crippen LogP contribution in [-0.2, 0) is 16.6 Å². The lowest BCUT2D eigenvalue weighted by Crippen LogP contribution is -2.30. The molecule has 5 heteroatoms. The SMILES string of the molecule is CCN1C(=O)/C(=C\c2cccn2C)OC1=NC1CCCCC1. The predicted octanol–water partition coefficient (Wildman–Crippen LogP) is 2.93. The van der Waals surface area contributed by atoms with Gasteiger partial charge in [0.1, 0.15) is 0 Å². The van der Waals surface area contributed by atoms with Crippen LogP contribution < -0.4 is 0 Å². The monoisotopic (exact) mass is 301 g/mol. The predicted molar refractivity (Wildman–Crippen MR) is 86.2 cm³/mol. The van der Waals surface area contributed by atoms with E-state index in [2.05, 4.69) is 0 Å². The van der Waals surface area contributed by atoms with Crippen LogP contribution in [0.1, 0.15) is 44.7 Å². The average molecular weight is 301 g/mol. The van der Waals surface area contributed by atoms with Crippen LogP contribution in [0.15, 0.2) is 29.1 Å². The highest BCUT2D eigenvalue weighted by atomic mass is 16.5. The minimum Gasteiger partial charge on any atom is -0.420 e. The van der Waals surface area contributed by atoms with Crippen molar-refractivity contribution in [2.45, 2.75) is 45.1 Å². The molecule has 2 heterocycles. The van der Waals surface area contributed by atoms with E-state index in [1.807, 2.05) is 36.9 Å². The molecule has 0 atom stereocenters. The van der Waals surface area contributed by atoms with E-state index < -0.39 is 0 Å². The summed E-state index contributed by atoms with van der Waals surface area (Å²) in [7, 11) is 1.94. The van der Waals surface area contributed by atoms with Crippen molar-refractivity contribution in [3.63, 3.8) is 0 Å². The summed E-state index contributed by atoms with van der Waals surface area (Å²) in [4.78, 5) is 18.8. The van der Waals surface area contributed by atoms with Gasteiger partial charge in [-0.3, -0.25) is 9.69 Å². The number of aromatic nitrogens is 1. The molecule has 0 aromatic carbocycles. The quantitative estimate of drug-likeness (QED) is 0.806. The molecule has 0 bridgehead atoms. The molecule has 22 heavy (non-hydrogen) atoms. The number of nitrogens with zero attached hydrogens (tertiary/aromatic N) is 3. The molecule has 0 spiro atoms. The van der Waals surface area contributed by atoms with E-state index in [0.29, 0.717) is 24.4 Å². The van der Waals surface area contributed by atoms with Crippen molar-refractivity contribution in [1.82, 2.24) is 9.47 Å². The lowest BCUT2D eigenvalue weighted by atomic mass is 9.96. The fourth-order valence-electron chi connectivity index (χ4n) is 3.01. The van der Waals surface area contributed by atoms with Gasteiger partial charge >= 0.3 is 6.02 Å². The molecule has 118 valence electrons. The molecule has 3 rings (SSSR count). The highest BCUT2D eigenvalue weighted by molar-refractivity contribution is 6.11. The number of likely N-dealkylation sites (N-methyl/N-ethyl adjacent to an activating group) is 1. The van der Waals surface area contributed by atoms with Gasteiger partial charge in [0.15, 0.2) is 5.76 Å². The molecule has 1 aliphatic carbocycles. The highest BCUT2D eigenvalue weighted by Crippen LogP contribution is 2.24. The van der Waals surface area contributed by atoms with Gasteiger partial charge in [0.2, 0.25) is 0 Å². The third kappa shape index (κ3) is 2.93. The lowest BCUT2D eigenvalue weighted by Gasteiger charge is -2.19. The number of aryl methyl sites for hydroxylation is 1. The fraction of sp³-hybridized carbons (Fsp3) is 0.529. The summed E-state index contributed by atoms with van der Waals surface area (Å²) < 4.78 is 7.74. The first kappa shape index (κ1) is 14.9. The standard InChI is InChI=1S/C17H23N3O2/c1-3-20-16(21)15(12-14-10-7-11-19(14)2)22-17(20)18-13-8-5-4-6-9-13/h7,10-13H,3-6,8-9H2,1-2H3/b15-12+,18-17?. The Kier molecular flexibility index (Phi) is 4.32. The fourth-order valence-corrected chi connectivity index (χ4v) is 3.01. The lowest BCUT2D eigenvalue weighted by molar-refractivity contribution is -0.122. The zero-order valence-corrected chi connectivity index (χ0v) is 13.3. The second-order valence-electron chi connectivity index (χ2n) is 5.91. The minimum atomic E-state index is -0.0988. The van der Waals surface area contributed by atoms with Gasteiger partial charge in [-0.05, 0) is 31.9 Å². The summed E-state index contributed by atoms with van der Waals surface area (Å²) in [6, 6.07) is 4.66. The zero-order chi connectivity index (χ0) is 15.5. The van der Waals surface area contributed by atoms with Gasteiger partial charge in [-0.15, -0.1) is 0 Å². The van der Waals surface area contributed by atoms with E-state index in [-0.39, 0.29) is 5.91 Å². The molecule has 2 fully saturated rings. The van der Waals surface area contributed by atoms with Crippen molar-refractivity contribution >= 4 is 18.0 Å². The van der Waals surface area contributed by atoms with Gasteiger partial charge < -0.3 is 9.30 Å².